The van der Waals surface area contributed by atoms with Gasteiger partial charge in [-0.3, -0.25) is 9.59 Å². The highest BCUT2D eigenvalue weighted by Crippen LogP contribution is 2.18. The number of carbonyl (C=O) groups excluding carboxylic acids is 2. The van der Waals surface area contributed by atoms with Gasteiger partial charge < -0.3 is 15.7 Å². The van der Waals surface area contributed by atoms with Gasteiger partial charge in [0, 0.05) is 12.6 Å². The third kappa shape index (κ3) is 4.83. The summed E-state index contributed by atoms with van der Waals surface area (Å²) in [7, 11) is 0. The minimum absolute atomic E-state index is 0.0785. The number of benzene rings is 1. The van der Waals surface area contributed by atoms with Crippen molar-refractivity contribution in [3.8, 4) is 0 Å². The van der Waals surface area contributed by atoms with E-state index in [1.54, 1.807) is 11.4 Å². The van der Waals surface area contributed by atoms with E-state index in [0.29, 0.717) is 6.07 Å². The van der Waals surface area contributed by atoms with E-state index in [2.05, 4.69) is 5.32 Å². The molecule has 0 aliphatic carbocycles. The number of anilines is 1. The van der Waals surface area contributed by atoms with Crippen LogP contribution in [0, 0.1) is 11.6 Å². The SMILES string of the molecule is O=C(NCC[C@@H](O)c1ccsc1)C(=O)Nc1ccc(F)cc1F. The number of amides is 2. The van der Waals surface area contributed by atoms with Crippen LogP contribution in [-0.4, -0.2) is 23.5 Å². The normalized spacial score (nSPS) is 11.8. The van der Waals surface area contributed by atoms with Gasteiger partial charge >= 0.3 is 11.8 Å². The molecule has 1 aromatic heterocycles. The predicted octanol–water partition coefficient (Wildman–Crippen LogP) is 2.20. The first-order valence-electron chi connectivity index (χ1n) is 6.72. The van der Waals surface area contributed by atoms with Crippen LogP contribution in [0.1, 0.15) is 18.1 Å². The maximum absolute atomic E-state index is 13.4. The first kappa shape index (κ1) is 17.0. The number of aliphatic hydroxyl groups is 1. The molecule has 1 heterocycles. The smallest absolute Gasteiger partial charge is 0.313 e. The summed E-state index contributed by atoms with van der Waals surface area (Å²) in [6.07, 6.45) is -0.500. The molecule has 1 aromatic carbocycles. The summed E-state index contributed by atoms with van der Waals surface area (Å²) in [5, 5.41) is 17.8. The first-order chi connectivity index (χ1) is 11.0. The Kier molecular flexibility index (Phi) is 5.78. The van der Waals surface area contributed by atoms with Gasteiger partial charge in [-0.15, -0.1) is 0 Å². The molecule has 0 saturated heterocycles. The molecule has 0 aliphatic heterocycles. The maximum Gasteiger partial charge on any atom is 0.313 e. The molecular weight excluding hydrogens is 326 g/mol. The van der Waals surface area contributed by atoms with E-state index in [1.165, 1.54) is 11.3 Å². The van der Waals surface area contributed by atoms with Crippen LogP contribution in [0.25, 0.3) is 0 Å². The van der Waals surface area contributed by atoms with Gasteiger partial charge in [-0.05, 0) is 40.9 Å². The standard InChI is InChI=1S/C15H14F2N2O3S/c16-10-1-2-12(11(17)7-10)19-15(22)14(21)18-5-3-13(20)9-4-6-23-8-9/h1-2,4,6-8,13,20H,3,5H2,(H,18,21)(H,19,22)/t13-/m1/s1. The first-order valence-corrected chi connectivity index (χ1v) is 7.66. The lowest BCUT2D eigenvalue weighted by Gasteiger charge is -2.10. The van der Waals surface area contributed by atoms with E-state index in [0.717, 1.165) is 17.7 Å². The highest BCUT2D eigenvalue weighted by Gasteiger charge is 2.16. The molecule has 23 heavy (non-hydrogen) atoms. The van der Waals surface area contributed by atoms with Gasteiger partial charge in [0.15, 0.2) is 0 Å². The summed E-state index contributed by atoms with van der Waals surface area (Å²) < 4.78 is 26.1. The Morgan fingerprint density at radius 1 is 1.22 bits per heavy atom. The van der Waals surface area contributed by atoms with Gasteiger partial charge in [-0.25, -0.2) is 8.78 Å². The van der Waals surface area contributed by atoms with Crippen molar-refractivity contribution in [3.05, 3.63) is 52.2 Å². The van der Waals surface area contributed by atoms with Crippen molar-refractivity contribution in [3.63, 3.8) is 0 Å². The van der Waals surface area contributed by atoms with Gasteiger partial charge in [0.05, 0.1) is 11.8 Å². The summed E-state index contributed by atoms with van der Waals surface area (Å²) in [6, 6.07) is 4.36. The Labute approximate surface area is 135 Å². The van der Waals surface area contributed by atoms with E-state index in [4.69, 9.17) is 0 Å². The Hall–Kier alpha value is -2.32. The van der Waals surface area contributed by atoms with Crippen molar-refractivity contribution in [1.82, 2.24) is 5.32 Å². The Morgan fingerprint density at radius 2 is 2.00 bits per heavy atom. The van der Waals surface area contributed by atoms with Gasteiger partial charge in [-0.2, -0.15) is 11.3 Å². The number of hydrogen-bond donors (Lipinski definition) is 3. The van der Waals surface area contributed by atoms with E-state index in [1.807, 2.05) is 10.7 Å². The average molecular weight is 340 g/mol. The fourth-order valence-corrected chi connectivity index (χ4v) is 2.51. The molecule has 0 radical (unpaired) electrons. The molecule has 0 bridgehead atoms. The minimum Gasteiger partial charge on any atom is -0.388 e. The molecule has 0 aliphatic rings. The Morgan fingerprint density at radius 3 is 2.65 bits per heavy atom. The van der Waals surface area contributed by atoms with E-state index >= 15 is 0 Å². The largest absolute Gasteiger partial charge is 0.388 e. The second-order valence-electron chi connectivity index (χ2n) is 4.70. The zero-order chi connectivity index (χ0) is 16.8. The summed E-state index contributed by atoms with van der Waals surface area (Å²) >= 11 is 1.44. The summed E-state index contributed by atoms with van der Waals surface area (Å²) in [4.78, 5) is 23.2. The maximum atomic E-state index is 13.4. The lowest BCUT2D eigenvalue weighted by atomic mass is 10.1. The molecule has 0 unspecified atom stereocenters. The number of aliphatic hydroxyl groups excluding tert-OH is 1. The van der Waals surface area contributed by atoms with Crippen LogP contribution in [0.3, 0.4) is 0 Å². The molecule has 2 rings (SSSR count). The molecule has 5 nitrogen and oxygen atoms in total. The van der Waals surface area contributed by atoms with Crippen LogP contribution in [-0.2, 0) is 9.59 Å². The number of carbonyl (C=O) groups is 2. The number of hydrogen-bond acceptors (Lipinski definition) is 4. The van der Waals surface area contributed by atoms with Crippen molar-refractivity contribution in [2.45, 2.75) is 12.5 Å². The summed E-state index contributed by atoms with van der Waals surface area (Å²) in [6.45, 7) is 0.0785. The van der Waals surface area contributed by atoms with Gasteiger partial charge in [0.1, 0.15) is 11.6 Å². The van der Waals surface area contributed by atoms with Crippen LogP contribution in [0.4, 0.5) is 14.5 Å². The van der Waals surface area contributed by atoms with Crippen molar-refractivity contribution in [2.75, 3.05) is 11.9 Å². The fourth-order valence-electron chi connectivity index (χ4n) is 1.80. The molecule has 2 amide bonds. The molecular formula is C15H14F2N2O3S. The van der Waals surface area contributed by atoms with Gasteiger partial charge in [0.25, 0.3) is 0 Å². The summed E-state index contributed by atoms with van der Waals surface area (Å²) in [5.74, 6) is -3.79. The van der Waals surface area contributed by atoms with E-state index < -0.39 is 29.6 Å². The predicted molar refractivity (Wildman–Crippen MR) is 81.9 cm³/mol. The molecule has 3 N–H and O–H groups in total. The quantitative estimate of drug-likeness (QED) is 0.730. The number of rotatable bonds is 5. The molecule has 8 heteroatoms. The lowest BCUT2D eigenvalue weighted by Crippen LogP contribution is -2.36. The zero-order valence-corrected chi connectivity index (χ0v) is 12.7. The highest BCUT2D eigenvalue weighted by atomic mass is 32.1. The van der Waals surface area contributed by atoms with Crippen molar-refractivity contribution in [2.24, 2.45) is 0 Å². The minimum atomic E-state index is -1.07. The zero-order valence-electron chi connectivity index (χ0n) is 11.9. The monoisotopic (exact) mass is 340 g/mol. The molecule has 0 saturated carbocycles. The second kappa shape index (κ2) is 7.80. The van der Waals surface area contributed by atoms with Crippen LogP contribution >= 0.6 is 11.3 Å². The molecule has 122 valence electrons. The van der Waals surface area contributed by atoms with Crippen molar-refractivity contribution >= 4 is 28.8 Å². The third-order valence-electron chi connectivity index (χ3n) is 3.02. The van der Waals surface area contributed by atoms with Crippen LogP contribution in [0.15, 0.2) is 35.0 Å². The summed E-state index contributed by atoms with van der Waals surface area (Å²) in [5.41, 5.74) is 0.451. The highest BCUT2D eigenvalue weighted by molar-refractivity contribution is 7.07. The van der Waals surface area contributed by atoms with Crippen molar-refractivity contribution < 1.29 is 23.5 Å². The number of halogens is 2. The van der Waals surface area contributed by atoms with Crippen LogP contribution < -0.4 is 10.6 Å². The molecule has 1 atom stereocenters. The van der Waals surface area contributed by atoms with Gasteiger partial charge in [-0.1, -0.05) is 0 Å². The number of thiophene rings is 1. The van der Waals surface area contributed by atoms with Crippen LogP contribution in [0.5, 0.6) is 0 Å². The molecule has 0 fully saturated rings. The Bertz CT molecular complexity index is 692. The second-order valence-corrected chi connectivity index (χ2v) is 5.48. The number of nitrogens with one attached hydrogen (secondary N) is 2. The average Bonchev–Trinajstić information content (AvgIpc) is 3.04. The van der Waals surface area contributed by atoms with Crippen LogP contribution in [0.2, 0.25) is 0 Å². The topological polar surface area (TPSA) is 78.4 Å². The van der Waals surface area contributed by atoms with Gasteiger partial charge in [0.2, 0.25) is 0 Å². The fraction of sp³-hybridized carbons (Fsp3) is 0.200. The molecule has 0 spiro atoms. The molecule has 2 aromatic rings. The Balaban J connectivity index is 1.80. The van der Waals surface area contributed by atoms with E-state index in [9.17, 15) is 23.5 Å². The van der Waals surface area contributed by atoms with Crippen molar-refractivity contribution in [1.29, 1.82) is 0 Å². The van der Waals surface area contributed by atoms with E-state index in [-0.39, 0.29) is 18.7 Å². The third-order valence-corrected chi connectivity index (χ3v) is 3.72. The lowest BCUT2D eigenvalue weighted by molar-refractivity contribution is -0.136.